The van der Waals surface area contributed by atoms with Crippen molar-refractivity contribution in [2.24, 2.45) is 0 Å². The van der Waals surface area contributed by atoms with Crippen LogP contribution in [0.2, 0.25) is 0 Å². The molecule has 2 aliphatic rings. The van der Waals surface area contributed by atoms with Crippen LogP contribution >= 0.6 is 0 Å². The highest BCUT2D eigenvalue weighted by Gasteiger charge is 2.20. The van der Waals surface area contributed by atoms with E-state index in [2.05, 4.69) is 22.8 Å². The van der Waals surface area contributed by atoms with Crippen molar-refractivity contribution in [1.29, 1.82) is 0 Å². The molecule has 0 fully saturated rings. The molecule has 0 saturated carbocycles. The van der Waals surface area contributed by atoms with Crippen LogP contribution in [0.1, 0.15) is 41.3 Å². The van der Waals surface area contributed by atoms with E-state index in [9.17, 15) is 9.59 Å². The van der Waals surface area contributed by atoms with E-state index >= 15 is 0 Å². The number of amides is 2. The van der Waals surface area contributed by atoms with Crippen molar-refractivity contribution in [2.45, 2.75) is 26.3 Å². The Morgan fingerprint density at radius 1 is 1.10 bits per heavy atom. The van der Waals surface area contributed by atoms with Crippen LogP contribution < -0.4 is 20.3 Å². The molecule has 2 aromatic rings. The topological polar surface area (TPSA) is 70.7 Å². The Hall–Kier alpha value is -3.12. The summed E-state index contributed by atoms with van der Waals surface area (Å²) in [4.78, 5) is 25.2. The third-order valence-corrected chi connectivity index (χ3v) is 5.84. The van der Waals surface area contributed by atoms with E-state index < -0.39 is 0 Å². The molecule has 0 bridgehead atoms. The first kappa shape index (κ1) is 20.2. The molecule has 156 valence electrons. The number of rotatable bonds is 5. The maximum Gasteiger partial charge on any atom is 0.252 e. The number of nitrogens with zero attached hydrogens (tertiary/aromatic N) is 1. The van der Waals surface area contributed by atoms with Crippen LogP contribution in [0.15, 0.2) is 48.0 Å². The van der Waals surface area contributed by atoms with Gasteiger partial charge in [-0.25, -0.2) is 0 Å². The first-order valence-corrected chi connectivity index (χ1v) is 10.3. The predicted molar refractivity (Wildman–Crippen MR) is 118 cm³/mol. The zero-order valence-electron chi connectivity index (χ0n) is 17.5. The summed E-state index contributed by atoms with van der Waals surface area (Å²) >= 11 is 0. The predicted octanol–water partition coefficient (Wildman–Crippen LogP) is 3.13. The molecule has 30 heavy (non-hydrogen) atoms. The number of carbonyl (C=O) groups excluding carboxylic acids is 2. The quantitative estimate of drug-likeness (QED) is 0.802. The second kappa shape index (κ2) is 8.71. The fourth-order valence-electron chi connectivity index (χ4n) is 3.93. The van der Waals surface area contributed by atoms with Crippen molar-refractivity contribution in [3.05, 3.63) is 64.7 Å². The summed E-state index contributed by atoms with van der Waals surface area (Å²) in [7, 11) is 1.78. The van der Waals surface area contributed by atoms with Gasteiger partial charge in [0.2, 0.25) is 5.91 Å². The van der Waals surface area contributed by atoms with Gasteiger partial charge in [0.1, 0.15) is 12.4 Å². The van der Waals surface area contributed by atoms with Crippen LogP contribution in [0.4, 0.5) is 5.69 Å². The SMILES string of the molecule is CC(=O)N(C)c1ccc(C2=C(COc3ccc4c(c3)C(=O)NC4)CCNCC2)cc1. The third kappa shape index (κ3) is 4.24. The fourth-order valence-corrected chi connectivity index (χ4v) is 3.93. The molecule has 2 heterocycles. The second-order valence-corrected chi connectivity index (χ2v) is 7.75. The lowest BCUT2D eigenvalue weighted by Gasteiger charge is -2.17. The summed E-state index contributed by atoms with van der Waals surface area (Å²) in [6.07, 6.45) is 1.84. The summed E-state index contributed by atoms with van der Waals surface area (Å²) in [6, 6.07) is 13.8. The van der Waals surface area contributed by atoms with E-state index in [4.69, 9.17) is 4.74 Å². The van der Waals surface area contributed by atoms with Gasteiger partial charge in [0.15, 0.2) is 0 Å². The van der Waals surface area contributed by atoms with Crippen molar-refractivity contribution in [3.63, 3.8) is 0 Å². The minimum atomic E-state index is -0.0374. The van der Waals surface area contributed by atoms with E-state index in [1.54, 1.807) is 18.9 Å². The highest BCUT2D eigenvalue weighted by molar-refractivity contribution is 5.98. The molecular weight excluding hydrogens is 378 g/mol. The van der Waals surface area contributed by atoms with Crippen LogP contribution in [-0.4, -0.2) is 38.6 Å². The van der Waals surface area contributed by atoms with Gasteiger partial charge in [0, 0.05) is 31.8 Å². The van der Waals surface area contributed by atoms with Gasteiger partial charge in [0.05, 0.1) is 0 Å². The number of ether oxygens (including phenoxy) is 1. The number of fused-ring (bicyclic) bond motifs is 1. The molecule has 0 aliphatic carbocycles. The summed E-state index contributed by atoms with van der Waals surface area (Å²) in [5, 5.41) is 6.29. The highest BCUT2D eigenvalue weighted by Crippen LogP contribution is 2.29. The largest absolute Gasteiger partial charge is 0.489 e. The van der Waals surface area contributed by atoms with Gasteiger partial charge in [0.25, 0.3) is 5.91 Å². The second-order valence-electron chi connectivity index (χ2n) is 7.75. The molecule has 2 aromatic carbocycles. The van der Waals surface area contributed by atoms with Crippen LogP contribution in [0.3, 0.4) is 0 Å². The van der Waals surface area contributed by atoms with Crippen LogP contribution in [0.25, 0.3) is 5.57 Å². The first-order chi connectivity index (χ1) is 14.5. The minimum absolute atomic E-state index is 0.0118. The Balaban J connectivity index is 1.55. The molecule has 6 nitrogen and oxygen atoms in total. The highest BCUT2D eigenvalue weighted by atomic mass is 16.5. The van der Waals surface area contributed by atoms with Gasteiger partial charge >= 0.3 is 0 Å². The molecule has 4 rings (SSSR count). The Bertz CT molecular complexity index is 995. The van der Waals surface area contributed by atoms with Crippen molar-refractivity contribution in [2.75, 3.05) is 31.6 Å². The monoisotopic (exact) mass is 405 g/mol. The van der Waals surface area contributed by atoms with Crippen molar-refractivity contribution in [3.8, 4) is 5.75 Å². The Labute approximate surface area is 176 Å². The van der Waals surface area contributed by atoms with E-state index in [1.807, 2.05) is 30.3 Å². The normalized spacial score (nSPS) is 16.0. The summed E-state index contributed by atoms with van der Waals surface area (Å²) in [6.45, 7) is 4.48. The molecule has 6 heteroatoms. The molecular formula is C24H27N3O3. The van der Waals surface area contributed by atoms with Gasteiger partial charge < -0.3 is 20.3 Å². The van der Waals surface area contributed by atoms with Gasteiger partial charge in [-0.2, -0.15) is 0 Å². The Morgan fingerprint density at radius 2 is 1.87 bits per heavy atom. The van der Waals surface area contributed by atoms with Crippen LogP contribution in [-0.2, 0) is 11.3 Å². The summed E-state index contributed by atoms with van der Waals surface area (Å²) < 4.78 is 6.10. The molecule has 2 amide bonds. The summed E-state index contributed by atoms with van der Waals surface area (Å²) in [5.74, 6) is 0.690. The van der Waals surface area contributed by atoms with Gasteiger partial charge in [-0.15, -0.1) is 0 Å². The van der Waals surface area contributed by atoms with Crippen LogP contribution in [0.5, 0.6) is 5.75 Å². The molecule has 0 spiro atoms. The van der Waals surface area contributed by atoms with Crippen LogP contribution in [0, 0.1) is 0 Å². The van der Waals surface area contributed by atoms with Crippen molar-refractivity contribution < 1.29 is 14.3 Å². The zero-order valence-corrected chi connectivity index (χ0v) is 17.5. The van der Waals surface area contributed by atoms with Crippen molar-refractivity contribution >= 4 is 23.1 Å². The molecule has 0 unspecified atom stereocenters. The van der Waals surface area contributed by atoms with E-state index in [1.165, 1.54) is 11.1 Å². The summed E-state index contributed by atoms with van der Waals surface area (Å²) in [5.41, 5.74) is 6.31. The van der Waals surface area contributed by atoms with Gasteiger partial charge in [-0.05, 0) is 72.5 Å². The lowest BCUT2D eigenvalue weighted by Crippen LogP contribution is -2.22. The van der Waals surface area contributed by atoms with E-state index in [0.717, 1.165) is 42.7 Å². The Kier molecular flexibility index (Phi) is 5.86. The first-order valence-electron chi connectivity index (χ1n) is 10.3. The number of nitrogens with one attached hydrogen (secondary N) is 2. The minimum Gasteiger partial charge on any atom is -0.489 e. The number of anilines is 1. The molecule has 0 saturated heterocycles. The number of hydrogen-bond acceptors (Lipinski definition) is 4. The van der Waals surface area contributed by atoms with Gasteiger partial charge in [-0.1, -0.05) is 18.2 Å². The van der Waals surface area contributed by atoms with Crippen molar-refractivity contribution in [1.82, 2.24) is 10.6 Å². The maximum atomic E-state index is 11.9. The lowest BCUT2D eigenvalue weighted by molar-refractivity contribution is -0.116. The maximum absolute atomic E-state index is 11.9. The fraction of sp³-hybridized carbons (Fsp3) is 0.333. The number of carbonyl (C=O) groups is 2. The molecule has 0 radical (unpaired) electrons. The van der Waals surface area contributed by atoms with Gasteiger partial charge in [-0.3, -0.25) is 9.59 Å². The average molecular weight is 405 g/mol. The molecule has 0 atom stereocenters. The lowest BCUT2D eigenvalue weighted by atomic mass is 9.96. The number of hydrogen-bond donors (Lipinski definition) is 2. The third-order valence-electron chi connectivity index (χ3n) is 5.84. The average Bonchev–Trinajstić information content (AvgIpc) is 2.97. The van der Waals surface area contributed by atoms with E-state index in [0.29, 0.717) is 24.5 Å². The Morgan fingerprint density at radius 3 is 2.63 bits per heavy atom. The zero-order chi connectivity index (χ0) is 21.1. The number of benzene rings is 2. The molecule has 2 N–H and O–H groups in total. The van der Waals surface area contributed by atoms with E-state index in [-0.39, 0.29) is 11.8 Å². The molecule has 2 aliphatic heterocycles. The smallest absolute Gasteiger partial charge is 0.252 e. The molecule has 0 aromatic heterocycles. The standard InChI is InChI=1S/C24H27N3O3/c1-16(28)27(2)20-6-3-17(4-7-20)22-10-12-25-11-9-19(22)15-30-21-8-5-18-14-26-24(29)23(18)13-21/h3-8,13,25H,9-12,14-15H2,1-2H3,(H,26,29).